The number of nitrogens with two attached hydrogens (primary N) is 1. The van der Waals surface area contributed by atoms with E-state index < -0.39 is 0 Å². The van der Waals surface area contributed by atoms with E-state index in [2.05, 4.69) is 0 Å². The Balaban J connectivity index is 2.02. The first-order valence-electron chi connectivity index (χ1n) is 5.79. The average molecular weight is 223 g/mol. The van der Waals surface area contributed by atoms with E-state index in [-0.39, 0.29) is 18.0 Å². The van der Waals surface area contributed by atoms with Crippen LogP contribution in [-0.2, 0) is 11.2 Å². The minimum atomic E-state index is -0.188. The SMILES string of the molecule is Cc1cc(F)ccc1CC(N)C1CCCO1. The molecule has 3 heteroatoms. The van der Waals surface area contributed by atoms with E-state index in [0.29, 0.717) is 0 Å². The minimum absolute atomic E-state index is 0.0201. The number of halogens is 1. The molecular formula is C13H18FNO. The highest BCUT2D eigenvalue weighted by molar-refractivity contribution is 5.27. The summed E-state index contributed by atoms with van der Waals surface area (Å²) in [4.78, 5) is 0. The monoisotopic (exact) mass is 223 g/mol. The summed E-state index contributed by atoms with van der Waals surface area (Å²) in [7, 11) is 0. The molecule has 1 heterocycles. The van der Waals surface area contributed by atoms with Gasteiger partial charge in [-0.2, -0.15) is 0 Å². The second kappa shape index (κ2) is 4.93. The standard InChI is InChI=1S/C13H18FNO/c1-9-7-11(14)5-4-10(9)8-12(15)13-3-2-6-16-13/h4-5,7,12-13H,2-3,6,8,15H2,1H3. The van der Waals surface area contributed by atoms with Crippen LogP contribution in [0.2, 0.25) is 0 Å². The molecule has 0 radical (unpaired) electrons. The summed E-state index contributed by atoms with van der Waals surface area (Å²) in [6.45, 7) is 2.74. The third-order valence-corrected chi connectivity index (χ3v) is 3.20. The fourth-order valence-corrected chi connectivity index (χ4v) is 2.21. The first-order chi connectivity index (χ1) is 7.66. The zero-order valence-corrected chi connectivity index (χ0v) is 9.58. The summed E-state index contributed by atoms with van der Waals surface area (Å²) in [5.41, 5.74) is 8.18. The Morgan fingerprint density at radius 1 is 1.56 bits per heavy atom. The molecule has 2 atom stereocenters. The van der Waals surface area contributed by atoms with Crippen molar-refractivity contribution in [1.82, 2.24) is 0 Å². The molecule has 2 rings (SSSR count). The summed E-state index contributed by atoms with van der Waals surface area (Å²) >= 11 is 0. The number of ether oxygens (including phenoxy) is 1. The maximum absolute atomic E-state index is 12.9. The van der Waals surface area contributed by atoms with Crippen LogP contribution in [0.1, 0.15) is 24.0 Å². The van der Waals surface area contributed by atoms with Crippen LogP contribution in [0.4, 0.5) is 4.39 Å². The van der Waals surface area contributed by atoms with Crippen LogP contribution >= 0.6 is 0 Å². The summed E-state index contributed by atoms with van der Waals surface area (Å²) < 4.78 is 18.5. The van der Waals surface area contributed by atoms with Crippen molar-refractivity contribution in [1.29, 1.82) is 0 Å². The fraction of sp³-hybridized carbons (Fsp3) is 0.538. The average Bonchev–Trinajstić information content (AvgIpc) is 2.75. The lowest BCUT2D eigenvalue weighted by Gasteiger charge is -2.19. The van der Waals surface area contributed by atoms with Crippen molar-refractivity contribution < 1.29 is 9.13 Å². The number of benzene rings is 1. The van der Waals surface area contributed by atoms with Gasteiger partial charge in [0.25, 0.3) is 0 Å². The molecule has 0 spiro atoms. The summed E-state index contributed by atoms with van der Waals surface area (Å²) in [5.74, 6) is -0.188. The van der Waals surface area contributed by atoms with Gasteiger partial charge in [0.15, 0.2) is 0 Å². The van der Waals surface area contributed by atoms with Gasteiger partial charge < -0.3 is 10.5 Å². The molecule has 0 amide bonds. The summed E-state index contributed by atoms with van der Waals surface area (Å²) in [6, 6.07) is 4.88. The van der Waals surface area contributed by atoms with E-state index >= 15 is 0 Å². The molecule has 0 bridgehead atoms. The third kappa shape index (κ3) is 2.60. The highest BCUT2D eigenvalue weighted by atomic mass is 19.1. The predicted octanol–water partition coefficient (Wildman–Crippen LogP) is 2.18. The largest absolute Gasteiger partial charge is 0.377 e. The molecule has 2 N–H and O–H groups in total. The predicted molar refractivity (Wildman–Crippen MR) is 61.8 cm³/mol. The zero-order valence-electron chi connectivity index (χ0n) is 9.58. The molecule has 2 nitrogen and oxygen atoms in total. The van der Waals surface area contributed by atoms with Gasteiger partial charge in [-0.15, -0.1) is 0 Å². The molecule has 1 aromatic carbocycles. The van der Waals surface area contributed by atoms with Crippen LogP contribution in [0.25, 0.3) is 0 Å². The van der Waals surface area contributed by atoms with Crippen LogP contribution < -0.4 is 5.73 Å². The van der Waals surface area contributed by atoms with Crippen molar-refractivity contribution >= 4 is 0 Å². The van der Waals surface area contributed by atoms with Crippen LogP contribution in [0.15, 0.2) is 18.2 Å². The molecule has 2 unspecified atom stereocenters. The third-order valence-electron chi connectivity index (χ3n) is 3.20. The van der Waals surface area contributed by atoms with Crippen molar-refractivity contribution in [2.24, 2.45) is 5.73 Å². The molecule has 0 aliphatic carbocycles. The maximum Gasteiger partial charge on any atom is 0.123 e. The molecule has 1 aliphatic heterocycles. The molecule has 1 aromatic rings. The Hall–Kier alpha value is -0.930. The minimum Gasteiger partial charge on any atom is -0.377 e. The quantitative estimate of drug-likeness (QED) is 0.852. The van der Waals surface area contributed by atoms with Crippen LogP contribution in [0.5, 0.6) is 0 Å². The van der Waals surface area contributed by atoms with E-state index in [9.17, 15) is 4.39 Å². The first kappa shape index (κ1) is 11.6. The Bertz CT molecular complexity index is 361. The molecule has 1 saturated heterocycles. The van der Waals surface area contributed by atoms with E-state index in [0.717, 1.165) is 37.0 Å². The first-order valence-corrected chi connectivity index (χ1v) is 5.79. The molecule has 88 valence electrons. The van der Waals surface area contributed by atoms with Gasteiger partial charge in [-0.3, -0.25) is 0 Å². The lowest BCUT2D eigenvalue weighted by atomic mass is 9.97. The lowest BCUT2D eigenvalue weighted by Crippen LogP contribution is -2.36. The lowest BCUT2D eigenvalue weighted by molar-refractivity contribution is 0.0900. The summed E-state index contributed by atoms with van der Waals surface area (Å²) in [5, 5.41) is 0. The second-order valence-corrected chi connectivity index (χ2v) is 4.49. The Morgan fingerprint density at radius 2 is 2.38 bits per heavy atom. The fourth-order valence-electron chi connectivity index (χ4n) is 2.21. The Kier molecular flexibility index (Phi) is 3.56. The molecular weight excluding hydrogens is 205 g/mol. The van der Waals surface area contributed by atoms with Crippen molar-refractivity contribution in [3.63, 3.8) is 0 Å². The van der Waals surface area contributed by atoms with Crippen molar-refractivity contribution in [3.05, 3.63) is 35.1 Å². The number of hydrogen-bond acceptors (Lipinski definition) is 2. The Morgan fingerprint density at radius 3 is 3.00 bits per heavy atom. The van der Waals surface area contributed by atoms with Crippen LogP contribution in [0.3, 0.4) is 0 Å². The van der Waals surface area contributed by atoms with Crippen LogP contribution in [-0.4, -0.2) is 18.8 Å². The molecule has 1 aliphatic rings. The van der Waals surface area contributed by atoms with Crippen molar-refractivity contribution in [2.45, 2.75) is 38.3 Å². The highest BCUT2D eigenvalue weighted by Crippen LogP contribution is 2.19. The topological polar surface area (TPSA) is 35.2 Å². The number of hydrogen-bond donors (Lipinski definition) is 1. The summed E-state index contributed by atoms with van der Waals surface area (Å²) in [6.07, 6.45) is 3.07. The van der Waals surface area contributed by atoms with Crippen molar-refractivity contribution in [3.8, 4) is 0 Å². The molecule has 16 heavy (non-hydrogen) atoms. The van der Waals surface area contributed by atoms with Gasteiger partial charge >= 0.3 is 0 Å². The van der Waals surface area contributed by atoms with E-state index in [1.165, 1.54) is 6.07 Å². The van der Waals surface area contributed by atoms with E-state index in [1.54, 1.807) is 6.07 Å². The maximum atomic E-state index is 12.9. The molecule has 0 aromatic heterocycles. The van der Waals surface area contributed by atoms with Crippen LogP contribution in [0, 0.1) is 12.7 Å². The van der Waals surface area contributed by atoms with Gasteiger partial charge in [0.1, 0.15) is 5.82 Å². The van der Waals surface area contributed by atoms with Crippen molar-refractivity contribution in [2.75, 3.05) is 6.61 Å². The second-order valence-electron chi connectivity index (χ2n) is 4.49. The van der Waals surface area contributed by atoms with Gasteiger partial charge in [-0.1, -0.05) is 6.07 Å². The number of rotatable bonds is 3. The zero-order chi connectivity index (χ0) is 11.5. The van der Waals surface area contributed by atoms with Gasteiger partial charge in [0.2, 0.25) is 0 Å². The number of aryl methyl sites for hydroxylation is 1. The normalized spacial score (nSPS) is 22.3. The van der Waals surface area contributed by atoms with Gasteiger partial charge in [0.05, 0.1) is 6.10 Å². The molecule has 0 saturated carbocycles. The van der Waals surface area contributed by atoms with Gasteiger partial charge in [-0.25, -0.2) is 4.39 Å². The van der Waals surface area contributed by atoms with Gasteiger partial charge in [0, 0.05) is 12.6 Å². The molecule has 1 fully saturated rings. The van der Waals surface area contributed by atoms with E-state index in [4.69, 9.17) is 10.5 Å². The Labute approximate surface area is 95.6 Å². The van der Waals surface area contributed by atoms with E-state index in [1.807, 2.05) is 13.0 Å². The van der Waals surface area contributed by atoms with Gasteiger partial charge in [-0.05, 0) is 49.4 Å². The highest BCUT2D eigenvalue weighted by Gasteiger charge is 2.23. The smallest absolute Gasteiger partial charge is 0.123 e.